The van der Waals surface area contributed by atoms with Crippen LogP contribution >= 0.6 is 11.3 Å². The number of aromatic hydroxyl groups is 1. The summed E-state index contributed by atoms with van der Waals surface area (Å²) in [6, 6.07) is 6.67. The molecule has 0 bridgehead atoms. The molecule has 1 heterocycles. The molecule has 2 rings (SSSR count). The molecule has 0 saturated carbocycles. The van der Waals surface area contributed by atoms with E-state index in [-0.39, 0.29) is 15.9 Å². The van der Waals surface area contributed by atoms with Crippen LogP contribution in [0.4, 0.5) is 10.1 Å². The number of thiazole rings is 1. The second kappa shape index (κ2) is 4.71. The third-order valence-electron chi connectivity index (χ3n) is 1.91. The maximum Gasteiger partial charge on any atom is 0.345 e. The first-order valence-electron chi connectivity index (χ1n) is 4.59. The number of hydrogen-bond acceptors (Lipinski definition) is 6. The van der Waals surface area contributed by atoms with Crippen LogP contribution in [0.25, 0.3) is 0 Å². The van der Waals surface area contributed by atoms with E-state index >= 15 is 0 Å². The summed E-state index contributed by atoms with van der Waals surface area (Å²) in [7, 11) is 0. The van der Waals surface area contributed by atoms with Crippen LogP contribution in [0.15, 0.2) is 35.5 Å². The van der Waals surface area contributed by atoms with Gasteiger partial charge in [-0.3, -0.25) is 10.1 Å². The number of nitro groups is 1. The molecule has 1 aromatic carbocycles. The Kier molecular flexibility index (Phi) is 3.10. The van der Waals surface area contributed by atoms with Crippen molar-refractivity contribution in [3.05, 3.63) is 46.1 Å². The van der Waals surface area contributed by atoms with Gasteiger partial charge in [0.25, 0.3) is 0 Å². The third kappa shape index (κ3) is 2.64. The van der Waals surface area contributed by atoms with Crippen LogP contribution in [0.2, 0.25) is 0 Å². The lowest BCUT2D eigenvalue weighted by Crippen LogP contribution is -1.80. The molecular formula is C10H7N3O3S. The SMILES string of the molecule is O=[N+]([O-])c1cnc(N=Cc2ccccc2O)s1. The largest absolute Gasteiger partial charge is 0.507 e. The number of phenols is 1. The first-order chi connectivity index (χ1) is 8.16. The summed E-state index contributed by atoms with van der Waals surface area (Å²) in [5, 5.41) is 20.1. The number of aliphatic imine (C=N–C) groups is 1. The highest BCUT2D eigenvalue weighted by Crippen LogP contribution is 2.27. The number of phenolic OH excluding ortho intramolecular Hbond substituents is 1. The number of para-hydroxylation sites is 1. The summed E-state index contributed by atoms with van der Waals surface area (Å²) in [6.07, 6.45) is 2.57. The fourth-order valence-electron chi connectivity index (χ4n) is 1.12. The summed E-state index contributed by atoms with van der Waals surface area (Å²) in [5.74, 6) is 0.0994. The molecule has 0 radical (unpaired) electrons. The van der Waals surface area contributed by atoms with Crippen LogP contribution in [0.3, 0.4) is 0 Å². The van der Waals surface area contributed by atoms with Gasteiger partial charge < -0.3 is 5.11 Å². The van der Waals surface area contributed by atoms with Crippen molar-refractivity contribution in [2.24, 2.45) is 4.99 Å². The Hall–Kier alpha value is -2.28. The highest BCUT2D eigenvalue weighted by molar-refractivity contribution is 7.18. The average Bonchev–Trinajstić information content (AvgIpc) is 2.77. The summed E-state index contributed by atoms with van der Waals surface area (Å²) in [4.78, 5) is 17.6. The maximum atomic E-state index is 10.4. The Morgan fingerprint density at radius 1 is 1.47 bits per heavy atom. The molecule has 0 amide bonds. The van der Waals surface area contributed by atoms with E-state index in [1.807, 2.05) is 0 Å². The summed E-state index contributed by atoms with van der Waals surface area (Å²) in [6.45, 7) is 0. The normalized spacial score (nSPS) is 10.8. The van der Waals surface area contributed by atoms with E-state index in [0.29, 0.717) is 5.56 Å². The van der Waals surface area contributed by atoms with Crippen molar-refractivity contribution < 1.29 is 10.0 Å². The molecule has 7 heteroatoms. The molecule has 0 aliphatic rings. The fourth-order valence-corrected chi connectivity index (χ4v) is 1.70. The number of hydrogen-bond donors (Lipinski definition) is 1. The minimum atomic E-state index is -0.517. The van der Waals surface area contributed by atoms with Crippen molar-refractivity contribution in [3.8, 4) is 5.75 Å². The molecule has 6 nitrogen and oxygen atoms in total. The number of aromatic nitrogens is 1. The van der Waals surface area contributed by atoms with Gasteiger partial charge >= 0.3 is 5.00 Å². The second-order valence-corrected chi connectivity index (χ2v) is 4.04. The van der Waals surface area contributed by atoms with Gasteiger partial charge in [-0.05, 0) is 23.5 Å². The van der Waals surface area contributed by atoms with Gasteiger partial charge in [0.15, 0.2) is 0 Å². The molecule has 2 aromatic rings. The van der Waals surface area contributed by atoms with Crippen molar-refractivity contribution in [1.82, 2.24) is 4.98 Å². The first kappa shape index (κ1) is 11.2. The average molecular weight is 249 g/mol. The highest BCUT2D eigenvalue weighted by atomic mass is 32.1. The predicted octanol–water partition coefficient (Wildman–Crippen LogP) is 2.51. The number of benzene rings is 1. The Morgan fingerprint density at radius 2 is 2.24 bits per heavy atom. The molecule has 86 valence electrons. The van der Waals surface area contributed by atoms with E-state index in [1.165, 1.54) is 12.3 Å². The highest BCUT2D eigenvalue weighted by Gasteiger charge is 2.10. The molecule has 0 saturated heterocycles. The number of nitrogens with zero attached hydrogens (tertiary/aromatic N) is 3. The molecule has 0 aliphatic heterocycles. The number of rotatable bonds is 3. The molecule has 1 aromatic heterocycles. The summed E-state index contributed by atoms with van der Waals surface area (Å²) in [5.41, 5.74) is 0.533. The zero-order chi connectivity index (χ0) is 12.3. The van der Waals surface area contributed by atoms with Crippen LogP contribution in [-0.4, -0.2) is 21.2 Å². The van der Waals surface area contributed by atoms with Gasteiger partial charge in [-0.25, -0.2) is 9.98 Å². The zero-order valence-electron chi connectivity index (χ0n) is 8.48. The molecule has 1 N–H and O–H groups in total. The van der Waals surface area contributed by atoms with Gasteiger partial charge in [-0.1, -0.05) is 12.1 Å². The second-order valence-electron chi connectivity index (χ2n) is 3.06. The van der Waals surface area contributed by atoms with Gasteiger partial charge in [0.05, 0.1) is 4.92 Å². The molecule has 0 atom stereocenters. The summed E-state index contributed by atoms with van der Waals surface area (Å²) < 4.78 is 0. The van der Waals surface area contributed by atoms with Crippen LogP contribution in [0.1, 0.15) is 5.56 Å². The van der Waals surface area contributed by atoms with E-state index in [9.17, 15) is 15.2 Å². The lowest BCUT2D eigenvalue weighted by Gasteiger charge is -1.94. The maximum absolute atomic E-state index is 10.4. The predicted molar refractivity (Wildman–Crippen MR) is 64.1 cm³/mol. The molecule has 0 aliphatic carbocycles. The third-order valence-corrected chi connectivity index (χ3v) is 2.77. The van der Waals surface area contributed by atoms with Gasteiger partial charge in [0.2, 0.25) is 5.13 Å². The monoisotopic (exact) mass is 249 g/mol. The van der Waals surface area contributed by atoms with Gasteiger partial charge in [0.1, 0.15) is 11.9 Å². The van der Waals surface area contributed by atoms with Crippen molar-refractivity contribution in [2.45, 2.75) is 0 Å². The first-order valence-corrected chi connectivity index (χ1v) is 5.41. The van der Waals surface area contributed by atoms with Crippen LogP contribution < -0.4 is 0 Å². The van der Waals surface area contributed by atoms with E-state index in [0.717, 1.165) is 17.5 Å². The smallest absolute Gasteiger partial charge is 0.345 e. The van der Waals surface area contributed by atoms with Crippen LogP contribution in [0.5, 0.6) is 5.75 Å². The van der Waals surface area contributed by atoms with Crippen molar-refractivity contribution in [1.29, 1.82) is 0 Å². The molecular weight excluding hydrogens is 242 g/mol. The molecule has 0 fully saturated rings. The van der Waals surface area contributed by atoms with Gasteiger partial charge in [0, 0.05) is 11.8 Å². The Labute approximate surface area is 100 Å². The van der Waals surface area contributed by atoms with E-state index in [4.69, 9.17) is 0 Å². The zero-order valence-corrected chi connectivity index (χ0v) is 9.29. The minimum Gasteiger partial charge on any atom is -0.507 e. The standard InChI is InChI=1S/C10H7N3O3S/c14-8-4-2-1-3-7(8)5-11-10-12-6-9(17-10)13(15)16/h1-6,14H. The Bertz CT molecular complexity index is 580. The van der Waals surface area contributed by atoms with Gasteiger partial charge in [-0.2, -0.15) is 0 Å². The van der Waals surface area contributed by atoms with Crippen molar-refractivity contribution in [3.63, 3.8) is 0 Å². The minimum absolute atomic E-state index is 0.0607. The lowest BCUT2D eigenvalue weighted by atomic mass is 10.2. The van der Waals surface area contributed by atoms with Crippen LogP contribution in [0, 0.1) is 10.1 Å². The molecule has 0 unspecified atom stereocenters. The van der Waals surface area contributed by atoms with E-state index in [1.54, 1.807) is 18.2 Å². The van der Waals surface area contributed by atoms with Crippen LogP contribution in [-0.2, 0) is 0 Å². The van der Waals surface area contributed by atoms with Crippen molar-refractivity contribution >= 4 is 27.7 Å². The molecule has 0 spiro atoms. The Balaban J connectivity index is 2.20. The quantitative estimate of drug-likeness (QED) is 0.514. The fraction of sp³-hybridized carbons (Fsp3) is 0. The van der Waals surface area contributed by atoms with E-state index in [2.05, 4.69) is 9.98 Å². The topological polar surface area (TPSA) is 88.6 Å². The lowest BCUT2D eigenvalue weighted by molar-refractivity contribution is -0.380. The molecule has 17 heavy (non-hydrogen) atoms. The van der Waals surface area contributed by atoms with Gasteiger partial charge in [-0.15, -0.1) is 0 Å². The summed E-state index contributed by atoms with van der Waals surface area (Å²) >= 11 is 0.876. The van der Waals surface area contributed by atoms with E-state index < -0.39 is 4.92 Å². The van der Waals surface area contributed by atoms with Crippen molar-refractivity contribution in [2.75, 3.05) is 0 Å². The Morgan fingerprint density at radius 3 is 2.88 bits per heavy atom.